The van der Waals surface area contributed by atoms with E-state index in [9.17, 15) is 0 Å². The number of aromatic nitrogens is 2. The van der Waals surface area contributed by atoms with Gasteiger partial charge < -0.3 is 14.5 Å². The Balaban J connectivity index is 1.03. The van der Waals surface area contributed by atoms with Gasteiger partial charge in [-0.1, -0.05) is 149 Å². The molecule has 0 fully saturated rings. The third-order valence-corrected chi connectivity index (χ3v) is 16.2. The summed E-state index contributed by atoms with van der Waals surface area (Å²) in [6, 6.07) is 61.5. The van der Waals surface area contributed by atoms with Crippen LogP contribution in [0, 0.1) is 0 Å². The zero-order valence-electron chi connectivity index (χ0n) is 34.6. The molecule has 2 aliphatic heterocycles. The van der Waals surface area contributed by atoms with Crippen molar-refractivity contribution in [3.63, 3.8) is 0 Å². The SMILES string of the molecule is CC(C)(C)c1ccnc(-n2c3ccccc3c3ccc(Oc4ccc5c(c4)N4CN(c6c(-c7ccccc7)cccc6-c6ccccc6)c6cccc(c64)[Si]5(C)C)cc32)c1. The number of benzene rings is 7. The van der Waals surface area contributed by atoms with Crippen LogP contribution in [-0.4, -0.2) is 24.3 Å². The molecule has 0 saturated heterocycles. The molecule has 9 aromatic rings. The highest BCUT2D eigenvalue weighted by Crippen LogP contribution is 2.51. The molecule has 0 unspecified atom stereocenters. The number of para-hydroxylation sites is 3. The lowest BCUT2D eigenvalue weighted by Gasteiger charge is -2.38. The first-order valence-electron chi connectivity index (χ1n) is 20.9. The van der Waals surface area contributed by atoms with Gasteiger partial charge in [0.25, 0.3) is 0 Å². The fourth-order valence-electron chi connectivity index (χ4n) is 9.62. The van der Waals surface area contributed by atoms with Crippen LogP contribution in [0.3, 0.4) is 0 Å². The molecule has 292 valence electrons. The van der Waals surface area contributed by atoms with Crippen LogP contribution in [0.4, 0.5) is 22.7 Å². The normalized spacial score (nSPS) is 14.1. The van der Waals surface area contributed by atoms with Crippen LogP contribution in [0.1, 0.15) is 26.3 Å². The first-order valence-corrected chi connectivity index (χ1v) is 23.9. The fraction of sp³-hybridized carbons (Fsp3) is 0.130. The predicted molar refractivity (Wildman–Crippen MR) is 253 cm³/mol. The number of ether oxygens (including phenoxy) is 1. The van der Waals surface area contributed by atoms with Gasteiger partial charge in [-0.15, -0.1) is 0 Å². The summed E-state index contributed by atoms with van der Waals surface area (Å²) in [5.41, 5.74) is 13.3. The van der Waals surface area contributed by atoms with Crippen molar-refractivity contribution in [1.82, 2.24) is 9.55 Å². The smallest absolute Gasteiger partial charge is 0.137 e. The Morgan fingerprint density at radius 1 is 0.533 bits per heavy atom. The summed E-state index contributed by atoms with van der Waals surface area (Å²) in [5.74, 6) is 2.52. The first-order chi connectivity index (χ1) is 29.1. The van der Waals surface area contributed by atoms with Gasteiger partial charge in [-0.2, -0.15) is 0 Å². The molecular weight excluding hydrogens is 749 g/mol. The van der Waals surface area contributed by atoms with E-state index in [1.165, 1.54) is 71.7 Å². The summed E-state index contributed by atoms with van der Waals surface area (Å²) in [6.45, 7) is 12.4. The van der Waals surface area contributed by atoms with Gasteiger partial charge in [0, 0.05) is 45.9 Å². The summed E-state index contributed by atoms with van der Waals surface area (Å²) in [4.78, 5) is 9.99. The maximum absolute atomic E-state index is 6.89. The van der Waals surface area contributed by atoms with Crippen LogP contribution in [0.25, 0.3) is 49.9 Å². The van der Waals surface area contributed by atoms with Crippen molar-refractivity contribution in [2.45, 2.75) is 39.3 Å². The standard InChI is InChI=1S/C54H46N4OSi/c1-54(2,3)38-30-31-55-51(32-38)58-45-23-13-12-20-43(45)44-28-26-39(33-47(44)58)59-40-27-29-49-48(34-40)57-35-56(46-24-15-25-50(53(46)57)60(49,4)5)52-41(36-16-8-6-9-17-36)21-14-22-42(52)37-18-10-7-11-19-37/h6-34H,35H2,1-5H3. The number of hydrogen-bond donors (Lipinski definition) is 0. The molecule has 4 heterocycles. The van der Waals surface area contributed by atoms with Crippen molar-refractivity contribution in [3.05, 3.63) is 182 Å². The molecule has 11 rings (SSSR count). The van der Waals surface area contributed by atoms with Crippen LogP contribution < -0.4 is 24.9 Å². The molecular formula is C54H46N4OSi. The van der Waals surface area contributed by atoms with E-state index >= 15 is 0 Å². The Labute approximate surface area is 352 Å². The van der Waals surface area contributed by atoms with Crippen LogP contribution >= 0.6 is 0 Å². The molecule has 0 atom stereocenters. The summed E-state index contributed by atoms with van der Waals surface area (Å²) in [7, 11) is -2.12. The molecule has 60 heavy (non-hydrogen) atoms. The number of anilines is 4. The van der Waals surface area contributed by atoms with Crippen molar-refractivity contribution < 1.29 is 4.74 Å². The van der Waals surface area contributed by atoms with E-state index in [1.807, 2.05) is 6.20 Å². The Hall–Kier alpha value is -6.89. The lowest BCUT2D eigenvalue weighted by atomic mass is 9.88. The third-order valence-electron chi connectivity index (χ3n) is 12.7. The highest BCUT2D eigenvalue weighted by molar-refractivity contribution is 7.02. The second-order valence-electron chi connectivity index (χ2n) is 17.7. The molecule has 0 amide bonds. The number of pyridine rings is 1. The Morgan fingerprint density at radius 3 is 1.90 bits per heavy atom. The molecule has 0 radical (unpaired) electrons. The molecule has 0 N–H and O–H groups in total. The minimum absolute atomic E-state index is 0.00228. The lowest BCUT2D eigenvalue weighted by Crippen LogP contribution is -2.58. The average molecular weight is 795 g/mol. The zero-order chi connectivity index (χ0) is 40.8. The van der Waals surface area contributed by atoms with Gasteiger partial charge >= 0.3 is 0 Å². The Morgan fingerprint density at radius 2 is 1.17 bits per heavy atom. The summed E-state index contributed by atoms with van der Waals surface area (Å²) in [6.07, 6.45) is 1.93. The molecule has 5 nitrogen and oxygen atoms in total. The van der Waals surface area contributed by atoms with E-state index in [2.05, 4.69) is 218 Å². The van der Waals surface area contributed by atoms with Crippen molar-refractivity contribution in [2.24, 2.45) is 0 Å². The second-order valence-corrected chi connectivity index (χ2v) is 22.0. The van der Waals surface area contributed by atoms with Crippen molar-refractivity contribution in [1.29, 1.82) is 0 Å². The molecule has 0 saturated carbocycles. The molecule has 7 aromatic carbocycles. The zero-order valence-corrected chi connectivity index (χ0v) is 35.6. The summed E-state index contributed by atoms with van der Waals surface area (Å²) in [5, 5.41) is 5.25. The van der Waals surface area contributed by atoms with Crippen LogP contribution in [0.15, 0.2) is 176 Å². The van der Waals surface area contributed by atoms with Crippen molar-refractivity contribution in [2.75, 3.05) is 16.5 Å². The van der Waals surface area contributed by atoms with Crippen molar-refractivity contribution >= 4 is 63.0 Å². The van der Waals surface area contributed by atoms with Crippen LogP contribution in [0.5, 0.6) is 11.5 Å². The minimum atomic E-state index is -2.12. The Kier molecular flexibility index (Phi) is 8.20. The van der Waals surface area contributed by atoms with Gasteiger partial charge in [-0.25, -0.2) is 4.98 Å². The predicted octanol–water partition coefficient (Wildman–Crippen LogP) is 13.0. The quantitative estimate of drug-likeness (QED) is 0.157. The van der Waals surface area contributed by atoms with E-state index in [4.69, 9.17) is 9.72 Å². The molecule has 2 aromatic heterocycles. The van der Waals surface area contributed by atoms with Gasteiger partial charge in [-0.05, 0) is 74.9 Å². The number of fused-ring (bicyclic) bond motifs is 5. The van der Waals surface area contributed by atoms with E-state index in [1.54, 1.807) is 0 Å². The molecule has 0 aliphatic carbocycles. The monoisotopic (exact) mass is 794 g/mol. The number of rotatable bonds is 6. The summed E-state index contributed by atoms with van der Waals surface area (Å²) < 4.78 is 9.17. The van der Waals surface area contributed by atoms with Crippen molar-refractivity contribution in [3.8, 4) is 39.6 Å². The number of nitrogens with zero attached hydrogens (tertiary/aromatic N) is 4. The molecule has 0 bridgehead atoms. The fourth-order valence-corrected chi connectivity index (χ4v) is 12.6. The second kappa shape index (κ2) is 13.6. The topological polar surface area (TPSA) is 33.5 Å². The van der Waals surface area contributed by atoms with E-state index in [0.29, 0.717) is 6.67 Å². The van der Waals surface area contributed by atoms with Gasteiger partial charge in [0.15, 0.2) is 0 Å². The Bertz CT molecular complexity index is 3070. The average Bonchev–Trinajstić information content (AvgIpc) is 3.82. The van der Waals surface area contributed by atoms with E-state index in [0.717, 1.165) is 28.4 Å². The largest absolute Gasteiger partial charge is 0.457 e. The van der Waals surface area contributed by atoms with Gasteiger partial charge in [0.1, 0.15) is 32.1 Å². The van der Waals surface area contributed by atoms with E-state index in [-0.39, 0.29) is 5.41 Å². The maximum atomic E-state index is 6.89. The molecule has 0 spiro atoms. The van der Waals surface area contributed by atoms with Gasteiger partial charge in [0.05, 0.1) is 28.1 Å². The first kappa shape index (κ1) is 36.2. The third kappa shape index (κ3) is 5.69. The molecule has 6 heteroatoms. The summed E-state index contributed by atoms with van der Waals surface area (Å²) >= 11 is 0. The van der Waals surface area contributed by atoms with Gasteiger partial charge in [-0.3, -0.25) is 4.57 Å². The maximum Gasteiger partial charge on any atom is 0.137 e. The van der Waals surface area contributed by atoms with Gasteiger partial charge in [0.2, 0.25) is 0 Å². The van der Waals surface area contributed by atoms with Crippen LogP contribution in [-0.2, 0) is 5.41 Å². The van der Waals surface area contributed by atoms with Crippen LogP contribution in [0.2, 0.25) is 13.1 Å². The van der Waals surface area contributed by atoms with E-state index < -0.39 is 8.07 Å². The number of hydrogen-bond acceptors (Lipinski definition) is 4. The minimum Gasteiger partial charge on any atom is -0.457 e. The highest BCUT2D eigenvalue weighted by Gasteiger charge is 2.44. The molecule has 2 aliphatic rings. The lowest BCUT2D eigenvalue weighted by molar-refractivity contribution is 0.483. The highest BCUT2D eigenvalue weighted by atomic mass is 28.3.